The van der Waals surface area contributed by atoms with E-state index in [1.807, 2.05) is 24.8 Å². The molecule has 0 aliphatic carbocycles. The molecule has 0 aromatic heterocycles. The average molecular weight is 286 g/mol. The molecule has 1 N–H and O–H groups in total. The van der Waals surface area contributed by atoms with Gasteiger partial charge in [-0.05, 0) is 31.0 Å². The molecular formula is C14H20ClNO3. The average Bonchev–Trinajstić information content (AvgIpc) is 2.38. The summed E-state index contributed by atoms with van der Waals surface area (Å²) in [5.41, 5.74) is 0.807. The Hall–Kier alpha value is -1.42. The number of carboxylic acid groups (broad SMARTS) is 1. The largest absolute Gasteiger partial charge is 0.495 e. The lowest BCUT2D eigenvalue weighted by atomic mass is 10.1. The number of methoxy groups -OCH3 is 1. The van der Waals surface area contributed by atoms with E-state index in [0.29, 0.717) is 23.7 Å². The lowest BCUT2D eigenvalue weighted by Gasteiger charge is -2.30. The number of hydrogen-bond acceptors (Lipinski definition) is 3. The number of benzene rings is 1. The number of anilines is 1. The fraction of sp³-hybridized carbons (Fsp3) is 0.500. The number of aliphatic carboxylic acids is 1. The molecule has 0 saturated carbocycles. The Bertz CT molecular complexity index is 437. The van der Waals surface area contributed by atoms with E-state index in [4.69, 9.17) is 16.3 Å². The molecule has 0 bridgehead atoms. The minimum atomic E-state index is -0.817. The van der Waals surface area contributed by atoms with E-state index in [2.05, 4.69) is 0 Å². The first-order valence-corrected chi connectivity index (χ1v) is 6.75. The first-order chi connectivity index (χ1) is 9.04. The van der Waals surface area contributed by atoms with E-state index in [1.165, 1.54) is 0 Å². The highest BCUT2D eigenvalue weighted by Gasteiger charge is 2.23. The fourth-order valence-electron chi connectivity index (χ4n) is 2.07. The Kier molecular flexibility index (Phi) is 5.96. The van der Waals surface area contributed by atoms with Crippen molar-refractivity contribution in [3.63, 3.8) is 0 Å². The maximum atomic E-state index is 11.3. The van der Waals surface area contributed by atoms with Crippen LogP contribution in [0.3, 0.4) is 0 Å². The number of carboxylic acids is 1. The Morgan fingerprint density at radius 1 is 1.47 bits per heavy atom. The number of hydrogen-bond donors (Lipinski definition) is 1. The second kappa shape index (κ2) is 7.24. The van der Waals surface area contributed by atoms with Crippen LogP contribution in [0.1, 0.15) is 26.7 Å². The van der Waals surface area contributed by atoms with Gasteiger partial charge in [0.05, 0.1) is 12.1 Å². The molecule has 0 unspecified atom stereocenters. The van der Waals surface area contributed by atoms with E-state index in [-0.39, 0.29) is 0 Å². The van der Waals surface area contributed by atoms with Crippen molar-refractivity contribution in [1.29, 1.82) is 0 Å². The summed E-state index contributed by atoms with van der Waals surface area (Å²) in [6.45, 7) is 4.56. The molecule has 5 heteroatoms. The number of nitrogens with zero attached hydrogens (tertiary/aromatic N) is 1. The number of halogens is 1. The quantitative estimate of drug-likeness (QED) is 0.834. The molecule has 0 amide bonds. The van der Waals surface area contributed by atoms with Gasteiger partial charge >= 0.3 is 5.97 Å². The van der Waals surface area contributed by atoms with Crippen LogP contribution in [-0.2, 0) is 4.79 Å². The van der Waals surface area contributed by atoms with Gasteiger partial charge in [-0.15, -0.1) is 0 Å². The van der Waals surface area contributed by atoms with Gasteiger partial charge in [-0.1, -0.05) is 25.4 Å². The van der Waals surface area contributed by atoms with Crippen LogP contribution >= 0.6 is 11.6 Å². The van der Waals surface area contributed by atoms with Crippen molar-refractivity contribution >= 4 is 23.3 Å². The van der Waals surface area contributed by atoms with Crippen LogP contribution in [0.2, 0.25) is 5.02 Å². The highest BCUT2D eigenvalue weighted by atomic mass is 35.5. The normalized spacial score (nSPS) is 12.0. The monoisotopic (exact) mass is 285 g/mol. The SMILES string of the molecule is CCCN(c1ccc(OC)c(Cl)c1)[C@H](CC)C(=O)O. The number of rotatable bonds is 7. The number of ether oxygens (including phenoxy) is 1. The summed E-state index contributed by atoms with van der Waals surface area (Å²) in [6.07, 6.45) is 1.41. The zero-order chi connectivity index (χ0) is 14.4. The maximum absolute atomic E-state index is 11.3. The minimum Gasteiger partial charge on any atom is -0.495 e. The molecule has 0 aliphatic heterocycles. The molecule has 1 atom stereocenters. The zero-order valence-corrected chi connectivity index (χ0v) is 12.3. The topological polar surface area (TPSA) is 49.8 Å². The van der Waals surface area contributed by atoms with E-state index < -0.39 is 12.0 Å². The molecule has 1 aromatic carbocycles. The van der Waals surface area contributed by atoms with Crippen molar-refractivity contribution in [2.24, 2.45) is 0 Å². The standard InChI is InChI=1S/C14H20ClNO3/c1-4-8-16(12(5-2)14(17)18)10-6-7-13(19-3)11(15)9-10/h6-7,9,12H,4-5,8H2,1-3H3,(H,17,18)/t12-/m1/s1. The first kappa shape index (κ1) is 15.6. The van der Waals surface area contributed by atoms with Crippen LogP contribution in [-0.4, -0.2) is 30.8 Å². The summed E-state index contributed by atoms with van der Waals surface area (Å²) in [5.74, 6) is -0.229. The van der Waals surface area contributed by atoms with Crippen molar-refractivity contribution in [3.05, 3.63) is 23.2 Å². The van der Waals surface area contributed by atoms with Gasteiger partial charge in [-0.2, -0.15) is 0 Å². The molecular weight excluding hydrogens is 266 g/mol. The molecule has 4 nitrogen and oxygen atoms in total. The van der Waals surface area contributed by atoms with Crippen molar-refractivity contribution in [2.75, 3.05) is 18.6 Å². The maximum Gasteiger partial charge on any atom is 0.326 e. The zero-order valence-electron chi connectivity index (χ0n) is 11.5. The molecule has 0 saturated heterocycles. The van der Waals surface area contributed by atoms with E-state index in [0.717, 1.165) is 12.1 Å². The predicted molar refractivity (Wildman–Crippen MR) is 77.4 cm³/mol. The van der Waals surface area contributed by atoms with Crippen LogP contribution in [0.15, 0.2) is 18.2 Å². The molecule has 0 radical (unpaired) electrons. The Balaban J connectivity index is 3.11. The van der Waals surface area contributed by atoms with Crippen molar-refractivity contribution in [1.82, 2.24) is 0 Å². The third-order valence-electron chi connectivity index (χ3n) is 2.98. The lowest BCUT2D eigenvalue weighted by molar-refractivity contribution is -0.138. The van der Waals surface area contributed by atoms with Crippen LogP contribution in [0.25, 0.3) is 0 Å². The van der Waals surface area contributed by atoms with Crippen molar-refractivity contribution < 1.29 is 14.6 Å². The van der Waals surface area contributed by atoms with Gasteiger partial charge < -0.3 is 14.7 Å². The van der Waals surface area contributed by atoms with Gasteiger partial charge in [0.2, 0.25) is 0 Å². The van der Waals surface area contributed by atoms with Gasteiger partial charge in [0.15, 0.2) is 0 Å². The summed E-state index contributed by atoms with van der Waals surface area (Å²) in [6, 6.07) is 4.81. The third-order valence-corrected chi connectivity index (χ3v) is 3.27. The third kappa shape index (κ3) is 3.77. The number of carbonyl (C=O) groups is 1. The molecule has 0 spiro atoms. The first-order valence-electron chi connectivity index (χ1n) is 6.38. The summed E-state index contributed by atoms with van der Waals surface area (Å²) in [7, 11) is 1.55. The van der Waals surface area contributed by atoms with Gasteiger partial charge in [-0.3, -0.25) is 0 Å². The Morgan fingerprint density at radius 3 is 2.58 bits per heavy atom. The highest BCUT2D eigenvalue weighted by molar-refractivity contribution is 6.32. The van der Waals surface area contributed by atoms with Crippen molar-refractivity contribution in [2.45, 2.75) is 32.7 Å². The van der Waals surface area contributed by atoms with Crippen LogP contribution < -0.4 is 9.64 Å². The predicted octanol–water partition coefficient (Wildman–Crippen LogP) is 3.43. The Labute approximate surface area is 118 Å². The van der Waals surface area contributed by atoms with Crippen LogP contribution in [0, 0.1) is 0 Å². The molecule has 19 heavy (non-hydrogen) atoms. The van der Waals surface area contributed by atoms with Gasteiger partial charge in [0.25, 0.3) is 0 Å². The van der Waals surface area contributed by atoms with Crippen LogP contribution in [0.5, 0.6) is 5.75 Å². The summed E-state index contributed by atoms with van der Waals surface area (Å²) in [4.78, 5) is 13.2. The molecule has 1 aromatic rings. The summed E-state index contributed by atoms with van der Waals surface area (Å²) >= 11 is 6.10. The van der Waals surface area contributed by atoms with Crippen LogP contribution in [0.4, 0.5) is 5.69 Å². The molecule has 0 aliphatic rings. The van der Waals surface area contributed by atoms with E-state index >= 15 is 0 Å². The smallest absolute Gasteiger partial charge is 0.326 e. The molecule has 1 rings (SSSR count). The summed E-state index contributed by atoms with van der Waals surface area (Å²) in [5, 5.41) is 9.79. The molecule has 0 heterocycles. The molecule has 106 valence electrons. The van der Waals surface area contributed by atoms with E-state index in [1.54, 1.807) is 19.2 Å². The van der Waals surface area contributed by atoms with Crippen molar-refractivity contribution in [3.8, 4) is 5.75 Å². The van der Waals surface area contributed by atoms with E-state index in [9.17, 15) is 9.90 Å². The second-order valence-electron chi connectivity index (χ2n) is 4.27. The second-order valence-corrected chi connectivity index (χ2v) is 4.68. The van der Waals surface area contributed by atoms with Gasteiger partial charge in [0.1, 0.15) is 11.8 Å². The fourth-order valence-corrected chi connectivity index (χ4v) is 2.32. The molecule has 0 fully saturated rings. The van der Waals surface area contributed by atoms with Gasteiger partial charge in [0, 0.05) is 12.2 Å². The van der Waals surface area contributed by atoms with Gasteiger partial charge in [-0.25, -0.2) is 4.79 Å². The highest BCUT2D eigenvalue weighted by Crippen LogP contribution is 2.30. The summed E-state index contributed by atoms with van der Waals surface area (Å²) < 4.78 is 5.11. The Morgan fingerprint density at radius 2 is 2.16 bits per heavy atom. The lowest BCUT2D eigenvalue weighted by Crippen LogP contribution is -2.41. The minimum absolute atomic E-state index is 0.487.